The maximum Gasteiger partial charge on any atom is 0.417 e. The van der Waals surface area contributed by atoms with Crippen LogP contribution in [0.3, 0.4) is 0 Å². The molecule has 0 aromatic carbocycles. The Bertz CT molecular complexity index is 725. The first-order valence-corrected chi connectivity index (χ1v) is 9.90. The maximum absolute atomic E-state index is 12.7. The predicted molar refractivity (Wildman–Crippen MR) is 96.2 cm³/mol. The first-order chi connectivity index (χ1) is 11.9. The zero-order chi connectivity index (χ0) is 19.3. The Balaban J connectivity index is 1.65. The molecule has 3 rings (SSSR count). The summed E-state index contributed by atoms with van der Waals surface area (Å²) in [4.78, 5) is 18.4. The Labute approximate surface area is 160 Å². The highest BCUT2D eigenvalue weighted by atomic mass is 35.5. The van der Waals surface area contributed by atoms with Crippen LogP contribution in [0, 0.1) is 10.8 Å². The van der Waals surface area contributed by atoms with Gasteiger partial charge in [0, 0.05) is 18.8 Å². The third kappa shape index (κ3) is 4.14. The zero-order valence-electron chi connectivity index (χ0n) is 15.0. The van der Waals surface area contributed by atoms with E-state index >= 15 is 0 Å². The molecular formula is C18H22ClF3N2OS. The van der Waals surface area contributed by atoms with Crippen LogP contribution in [0.1, 0.15) is 45.6 Å². The SMILES string of the molecule is CC1(C)C[C@@H]2C[C@@](C)(CN2C(=O)CSc2ncc(C(F)(F)F)cc2Cl)C1. The lowest BCUT2D eigenvalue weighted by Crippen LogP contribution is -2.38. The smallest absolute Gasteiger partial charge is 0.338 e. The van der Waals surface area contributed by atoms with Gasteiger partial charge in [0.05, 0.1) is 16.3 Å². The highest BCUT2D eigenvalue weighted by Gasteiger charge is 2.50. The van der Waals surface area contributed by atoms with Gasteiger partial charge in [-0.2, -0.15) is 13.2 Å². The van der Waals surface area contributed by atoms with Crippen LogP contribution in [-0.4, -0.2) is 34.1 Å². The second-order valence-electron chi connectivity index (χ2n) is 8.53. The lowest BCUT2D eigenvalue weighted by atomic mass is 9.65. The van der Waals surface area contributed by atoms with Crippen LogP contribution in [0.15, 0.2) is 17.3 Å². The number of fused-ring (bicyclic) bond motifs is 2. The maximum atomic E-state index is 12.7. The molecule has 1 aromatic rings. The molecule has 0 spiro atoms. The molecule has 2 heterocycles. The molecule has 2 aliphatic rings. The lowest BCUT2D eigenvalue weighted by Gasteiger charge is -2.39. The molecule has 0 radical (unpaired) electrons. The molecule has 8 heteroatoms. The monoisotopic (exact) mass is 406 g/mol. The summed E-state index contributed by atoms with van der Waals surface area (Å²) in [5, 5.41) is 0.174. The minimum atomic E-state index is -4.48. The van der Waals surface area contributed by atoms with Crippen molar-refractivity contribution < 1.29 is 18.0 Å². The molecule has 1 aliphatic heterocycles. The van der Waals surface area contributed by atoms with Crippen molar-refractivity contribution in [2.75, 3.05) is 12.3 Å². The number of hydrogen-bond donors (Lipinski definition) is 0. The standard InChI is InChI=1S/C18H22ClF3N2OS/c1-16(2)5-12-6-17(3,9-16)10-24(12)14(25)8-26-15-13(19)4-11(7-23-15)18(20,21)22/h4,7,12H,5-6,8-10H2,1-3H3/t12-,17-/m1/s1. The summed E-state index contributed by atoms with van der Waals surface area (Å²) >= 11 is 7.01. The minimum Gasteiger partial charge on any atom is -0.338 e. The van der Waals surface area contributed by atoms with Crippen LogP contribution in [0.2, 0.25) is 5.02 Å². The summed E-state index contributed by atoms with van der Waals surface area (Å²) in [6.45, 7) is 7.46. The third-order valence-electron chi connectivity index (χ3n) is 5.20. The molecule has 3 nitrogen and oxygen atoms in total. The van der Waals surface area contributed by atoms with E-state index < -0.39 is 11.7 Å². The molecule has 2 bridgehead atoms. The highest BCUT2D eigenvalue weighted by molar-refractivity contribution is 8.00. The summed E-state index contributed by atoms with van der Waals surface area (Å²) in [6, 6.07) is 1.10. The fourth-order valence-electron chi connectivity index (χ4n) is 4.65. The van der Waals surface area contributed by atoms with Crippen molar-refractivity contribution in [1.29, 1.82) is 0 Å². The largest absolute Gasteiger partial charge is 0.417 e. The summed E-state index contributed by atoms with van der Waals surface area (Å²) in [7, 11) is 0. The third-order valence-corrected chi connectivity index (χ3v) is 6.59. The Kier molecular flexibility index (Phi) is 5.02. The van der Waals surface area contributed by atoms with Crippen LogP contribution >= 0.6 is 23.4 Å². The van der Waals surface area contributed by atoms with E-state index in [4.69, 9.17) is 11.6 Å². The topological polar surface area (TPSA) is 33.2 Å². The van der Waals surface area contributed by atoms with Crippen LogP contribution in [-0.2, 0) is 11.0 Å². The number of amides is 1. The molecule has 144 valence electrons. The quantitative estimate of drug-likeness (QED) is 0.641. The van der Waals surface area contributed by atoms with E-state index in [0.717, 1.165) is 49.8 Å². The van der Waals surface area contributed by atoms with E-state index in [0.29, 0.717) is 0 Å². The first-order valence-electron chi connectivity index (χ1n) is 8.54. The van der Waals surface area contributed by atoms with E-state index in [-0.39, 0.29) is 38.6 Å². The average molecular weight is 407 g/mol. The number of pyridine rings is 1. The number of nitrogens with zero attached hydrogens (tertiary/aromatic N) is 2. The van der Waals surface area contributed by atoms with Gasteiger partial charge in [-0.3, -0.25) is 4.79 Å². The van der Waals surface area contributed by atoms with Crippen molar-refractivity contribution in [3.8, 4) is 0 Å². The van der Waals surface area contributed by atoms with Gasteiger partial charge < -0.3 is 4.90 Å². The van der Waals surface area contributed by atoms with Crippen molar-refractivity contribution in [2.45, 2.75) is 57.3 Å². The number of hydrogen-bond acceptors (Lipinski definition) is 3. The fourth-order valence-corrected chi connectivity index (χ4v) is 5.73. The number of aromatic nitrogens is 1. The predicted octanol–water partition coefficient (Wildman–Crippen LogP) is 5.27. The Morgan fingerprint density at radius 3 is 2.69 bits per heavy atom. The van der Waals surface area contributed by atoms with Gasteiger partial charge in [-0.05, 0) is 36.2 Å². The summed E-state index contributed by atoms with van der Waals surface area (Å²) < 4.78 is 38.0. The number of thioether (sulfide) groups is 1. The molecule has 1 aliphatic carbocycles. The molecule has 1 saturated carbocycles. The van der Waals surface area contributed by atoms with E-state index in [2.05, 4.69) is 25.8 Å². The van der Waals surface area contributed by atoms with Gasteiger partial charge in [-0.1, -0.05) is 44.1 Å². The van der Waals surface area contributed by atoms with Crippen molar-refractivity contribution in [2.24, 2.45) is 10.8 Å². The van der Waals surface area contributed by atoms with E-state index in [1.807, 2.05) is 4.90 Å². The van der Waals surface area contributed by atoms with Crippen molar-refractivity contribution >= 4 is 29.3 Å². The second-order valence-corrected chi connectivity index (χ2v) is 9.90. The van der Waals surface area contributed by atoms with Gasteiger partial charge >= 0.3 is 6.18 Å². The van der Waals surface area contributed by atoms with E-state index in [9.17, 15) is 18.0 Å². The van der Waals surface area contributed by atoms with Crippen molar-refractivity contribution in [1.82, 2.24) is 9.88 Å². The number of halogens is 4. The van der Waals surface area contributed by atoms with Crippen LogP contribution in [0.5, 0.6) is 0 Å². The molecule has 1 saturated heterocycles. The highest BCUT2D eigenvalue weighted by Crippen LogP contribution is 2.52. The number of rotatable bonds is 3. The van der Waals surface area contributed by atoms with Gasteiger partial charge in [0.1, 0.15) is 5.03 Å². The summed E-state index contributed by atoms with van der Waals surface area (Å²) in [5.41, 5.74) is -0.517. The zero-order valence-corrected chi connectivity index (χ0v) is 16.6. The number of carbonyl (C=O) groups is 1. The number of likely N-dealkylation sites (tertiary alicyclic amines) is 1. The van der Waals surface area contributed by atoms with Crippen molar-refractivity contribution in [3.63, 3.8) is 0 Å². The van der Waals surface area contributed by atoms with Crippen LogP contribution in [0.25, 0.3) is 0 Å². The van der Waals surface area contributed by atoms with Gasteiger partial charge in [0.15, 0.2) is 0 Å². The van der Waals surface area contributed by atoms with Gasteiger partial charge in [-0.15, -0.1) is 0 Å². The van der Waals surface area contributed by atoms with E-state index in [1.54, 1.807) is 0 Å². The summed E-state index contributed by atoms with van der Waals surface area (Å²) in [5.74, 6) is 0.129. The van der Waals surface area contributed by atoms with E-state index in [1.165, 1.54) is 0 Å². The normalized spacial score (nSPS) is 27.7. The molecule has 26 heavy (non-hydrogen) atoms. The first kappa shape index (κ1) is 19.8. The minimum absolute atomic E-state index is 0.000750. The fraction of sp³-hybridized carbons (Fsp3) is 0.667. The van der Waals surface area contributed by atoms with Gasteiger partial charge in [-0.25, -0.2) is 4.98 Å². The molecule has 1 amide bonds. The molecule has 0 N–H and O–H groups in total. The van der Waals surface area contributed by atoms with Crippen LogP contribution in [0.4, 0.5) is 13.2 Å². The molecule has 2 fully saturated rings. The average Bonchev–Trinajstić information content (AvgIpc) is 2.73. The Morgan fingerprint density at radius 2 is 2.08 bits per heavy atom. The molecule has 1 aromatic heterocycles. The van der Waals surface area contributed by atoms with Crippen molar-refractivity contribution in [3.05, 3.63) is 22.8 Å². The Morgan fingerprint density at radius 1 is 1.38 bits per heavy atom. The second kappa shape index (κ2) is 6.59. The molecular weight excluding hydrogens is 385 g/mol. The summed E-state index contributed by atoms with van der Waals surface area (Å²) in [6.07, 6.45) is -0.625. The lowest BCUT2D eigenvalue weighted by molar-refractivity contribution is -0.138. The van der Waals surface area contributed by atoms with Gasteiger partial charge in [0.25, 0.3) is 0 Å². The van der Waals surface area contributed by atoms with Crippen LogP contribution < -0.4 is 0 Å². The number of alkyl halides is 3. The molecule has 2 atom stereocenters. The molecule has 0 unspecified atom stereocenters. The number of carbonyl (C=O) groups excluding carboxylic acids is 1. The Hall–Kier alpha value is -0.950. The van der Waals surface area contributed by atoms with Gasteiger partial charge in [0.2, 0.25) is 5.91 Å².